The zero-order valence-electron chi connectivity index (χ0n) is 18.3. The number of ether oxygens (including phenoxy) is 1. The Labute approximate surface area is 184 Å². The lowest BCUT2D eigenvalue weighted by atomic mass is 9.96. The molecular weight excluding hydrogens is 422 g/mol. The molecule has 0 unspecified atom stereocenters. The number of esters is 1. The summed E-state index contributed by atoms with van der Waals surface area (Å²) < 4.78 is 37.0. The van der Waals surface area contributed by atoms with Gasteiger partial charge in [0.2, 0.25) is 16.8 Å². The molecule has 0 saturated carbocycles. The summed E-state index contributed by atoms with van der Waals surface area (Å²) in [7, 11) is -3.86. The van der Waals surface area contributed by atoms with Crippen molar-refractivity contribution in [3.05, 3.63) is 17.9 Å². The molecule has 2 aliphatic heterocycles. The maximum Gasteiger partial charge on any atom is 0.374 e. The summed E-state index contributed by atoms with van der Waals surface area (Å²) in [5.74, 6) is -1.00. The number of furan rings is 1. The smallest absolute Gasteiger partial charge is 0.374 e. The molecule has 10 heteroatoms. The topological polar surface area (TPSA) is 109 Å². The third kappa shape index (κ3) is 5.87. The van der Waals surface area contributed by atoms with Crippen molar-refractivity contribution in [1.29, 1.82) is 0 Å². The number of hydrogen-bond acceptors (Lipinski definition) is 7. The molecule has 1 N–H and O–H groups in total. The van der Waals surface area contributed by atoms with Gasteiger partial charge in [0, 0.05) is 38.1 Å². The van der Waals surface area contributed by atoms with Gasteiger partial charge < -0.3 is 19.4 Å². The SMILES string of the molecule is CCCN1CCC(NC(=O)C2CCN(S(=O)(=O)c3ccc(C(=O)OCC)o3)CC2)CC1. The lowest BCUT2D eigenvalue weighted by Gasteiger charge is -2.34. The highest BCUT2D eigenvalue weighted by molar-refractivity contribution is 7.89. The Morgan fingerprint density at radius 2 is 1.77 bits per heavy atom. The molecule has 1 aromatic rings. The number of likely N-dealkylation sites (tertiary alicyclic amines) is 1. The van der Waals surface area contributed by atoms with Gasteiger partial charge in [-0.1, -0.05) is 6.92 Å². The summed E-state index contributed by atoms with van der Waals surface area (Å²) in [5.41, 5.74) is 0. The van der Waals surface area contributed by atoms with Gasteiger partial charge in [-0.25, -0.2) is 13.2 Å². The Kier molecular flexibility index (Phi) is 8.12. The molecule has 0 radical (unpaired) electrons. The fourth-order valence-corrected chi connectivity index (χ4v) is 5.57. The minimum atomic E-state index is -3.86. The molecule has 0 atom stereocenters. The molecule has 0 spiro atoms. The molecule has 9 nitrogen and oxygen atoms in total. The number of nitrogens with zero attached hydrogens (tertiary/aromatic N) is 2. The second-order valence-electron chi connectivity index (χ2n) is 8.14. The van der Waals surface area contributed by atoms with Crippen LogP contribution in [0.4, 0.5) is 0 Å². The number of rotatable bonds is 8. The number of nitrogens with one attached hydrogen (secondary N) is 1. The number of hydrogen-bond donors (Lipinski definition) is 1. The first-order valence-corrected chi connectivity index (χ1v) is 12.6. The van der Waals surface area contributed by atoms with Crippen LogP contribution in [0.5, 0.6) is 0 Å². The van der Waals surface area contributed by atoms with Gasteiger partial charge in [0.25, 0.3) is 10.0 Å². The lowest BCUT2D eigenvalue weighted by Crippen LogP contribution is -2.48. The van der Waals surface area contributed by atoms with Crippen molar-refractivity contribution in [1.82, 2.24) is 14.5 Å². The first kappa shape index (κ1) is 23.7. The number of carbonyl (C=O) groups excluding carboxylic acids is 2. The van der Waals surface area contributed by atoms with Gasteiger partial charge >= 0.3 is 5.97 Å². The second-order valence-corrected chi connectivity index (χ2v) is 10.0. The van der Waals surface area contributed by atoms with E-state index in [0.29, 0.717) is 12.8 Å². The van der Waals surface area contributed by atoms with Crippen molar-refractivity contribution in [3.63, 3.8) is 0 Å². The molecule has 31 heavy (non-hydrogen) atoms. The van der Waals surface area contributed by atoms with Crippen LogP contribution in [0.1, 0.15) is 56.5 Å². The molecule has 2 fully saturated rings. The Balaban J connectivity index is 1.49. The van der Waals surface area contributed by atoms with E-state index in [-0.39, 0.29) is 48.4 Å². The van der Waals surface area contributed by atoms with Crippen LogP contribution in [0.25, 0.3) is 0 Å². The predicted octanol–water partition coefficient (Wildman–Crippen LogP) is 1.85. The number of amides is 1. The lowest BCUT2D eigenvalue weighted by molar-refractivity contribution is -0.127. The van der Waals surface area contributed by atoms with Gasteiger partial charge in [-0.2, -0.15) is 4.31 Å². The molecule has 0 bridgehead atoms. The van der Waals surface area contributed by atoms with Crippen LogP contribution < -0.4 is 5.32 Å². The van der Waals surface area contributed by atoms with E-state index in [0.717, 1.165) is 38.9 Å². The standard InChI is InChI=1S/C21H33N3O6S/c1-3-11-23-12-9-17(10-13-23)22-20(25)16-7-14-24(15-8-16)31(27,28)19-6-5-18(30-19)21(26)29-4-2/h5-6,16-17H,3-4,7-15H2,1-2H3,(H,22,25). The number of sulfonamides is 1. The van der Waals surface area contributed by atoms with E-state index in [1.165, 1.54) is 16.4 Å². The highest BCUT2D eigenvalue weighted by Crippen LogP contribution is 2.26. The maximum atomic E-state index is 12.8. The summed E-state index contributed by atoms with van der Waals surface area (Å²) in [6, 6.07) is 2.77. The third-order valence-electron chi connectivity index (χ3n) is 5.95. The molecule has 0 aromatic carbocycles. The van der Waals surface area contributed by atoms with Gasteiger partial charge in [0.05, 0.1) is 6.61 Å². The van der Waals surface area contributed by atoms with Crippen molar-refractivity contribution in [2.75, 3.05) is 39.3 Å². The van der Waals surface area contributed by atoms with E-state index in [2.05, 4.69) is 17.1 Å². The Hall–Kier alpha value is -1.91. The molecule has 174 valence electrons. The number of carbonyl (C=O) groups is 2. The van der Waals surface area contributed by atoms with Crippen molar-refractivity contribution in [2.45, 2.75) is 57.1 Å². The molecule has 1 aromatic heterocycles. The van der Waals surface area contributed by atoms with Crippen LogP contribution >= 0.6 is 0 Å². The predicted molar refractivity (Wildman–Crippen MR) is 114 cm³/mol. The Morgan fingerprint density at radius 1 is 1.10 bits per heavy atom. The van der Waals surface area contributed by atoms with Gasteiger partial charge in [-0.3, -0.25) is 4.79 Å². The zero-order chi connectivity index (χ0) is 22.4. The van der Waals surface area contributed by atoms with Crippen LogP contribution in [-0.2, 0) is 19.6 Å². The van der Waals surface area contributed by atoms with Crippen molar-refractivity contribution < 1.29 is 27.2 Å². The molecule has 0 aliphatic carbocycles. The average Bonchev–Trinajstić information content (AvgIpc) is 3.27. The second kappa shape index (κ2) is 10.6. The summed E-state index contributed by atoms with van der Waals surface area (Å²) >= 11 is 0. The monoisotopic (exact) mass is 455 g/mol. The van der Waals surface area contributed by atoms with E-state index in [1.807, 2.05) is 0 Å². The molecular formula is C21H33N3O6S. The quantitative estimate of drug-likeness (QED) is 0.596. The highest BCUT2D eigenvalue weighted by Gasteiger charge is 2.35. The van der Waals surface area contributed by atoms with E-state index in [1.54, 1.807) is 6.92 Å². The van der Waals surface area contributed by atoms with E-state index < -0.39 is 16.0 Å². The van der Waals surface area contributed by atoms with E-state index in [4.69, 9.17) is 9.15 Å². The molecule has 1 amide bonds. The van der Waals surface area contributed by atoms with Crippen LogP contribution in [-0.4, -0.2) is 74.9 Å². The summed E-state index contributed by atoms with van der Waals surface area (Å²) in [6.07, 6.45) is 3.98. The summed E-state index contributed by atoms with van der Waals surface area (Å²) in [4.78, 5) is 26.8. The van der Waals surface area contributed by atoms with Crippen LogP contribution in [0.2, 0.25) is 0 Å². The molecule has 3 heterocycles. The normalized spacial score (nSPS) is 19.9. The molecule has 3 rings (SSSR count). The van der Waals surface area contributed by atoms with Gasteiger partial charge in [-0.05, 0) is 57.7 Å². The van der Waals surface area contributed by atoms with Gasteiger partial charge in [0.15, 0.2) is 0 Å². The van der Waals surface area contributed by atoms with E-state index >= 15 is 0 Å². The Morgan fingerprint density at radius 3 is 2.39 bits per heavy atom. The average molecular weight is 456 g/mol. The third-order valence-corrected chi connectivity index (χ3v) is 7.72. The van der Waals surface area contributed by atoms with Gasteiger partial charge in [-0.15, -0.1) is 0 Å². The minimum Gasteiger partial charge on any atom is -0.460 e. The first-order valence-electron chi connectivity index (χ1n) is 11.1. The van der Waals surface area contributed by atoms with E-state index in [9.17, 15) is 18.0 Å². The fraction of sp³-hybridized carbons (Fsp3) is 0.714. The van der Waals surface area contributed by atoms with Crippen molar-refractivity contribution in [3.8, 4) is 0 Å². The molecule has 2 saturated heterocycles. The van der Waals surface area contributed by atoms with Gasteiger partial charge in [0.1, 0.15) is 0 Å². The van der Waals surface area contributed by atoms with Crippen molar-refractivity contribution in [2.24, 2.45) is 5.92 Å². The van der Waals surface area contributed by atoms with Crippen LogP contribution in [0.3, 0.4) is 0 Å². The fourth-order valence-electron chi connectivity index (χ4n) is 4.19. The number of piperidine rings is 2. The molecule has 2 aliphatic rings. The summed E-state index contributed by atoms with van der Waals surface area (Å²) in [6.45, 7) is 7.60. The minimum absolute atomic E-state index is 0.0218. The van der Waals surface area contributed by atoms with Crippen LogP contribution in [0.15, 0.2) is 21.6 Å². The largest absolute Gasteiger partial charge is 0.460 e. The summed E-state index contributed by atoms with van der Waals surface area (Å²) in [5, 5.41) is 2.88. The zero-order valence-corrected chi connectivity index (χ0v) is 19.2. The Bertz CT molecular complexity index is 852. The highest BCUT2D eigenvalue weighted by atomic mass is 32.2. The van der Waals surface area contributed by atoms with Crippen LogP contribution in [0, 0.1) is 5.92 Å². The maximum absolute atomic E-state index is 12.8. The first-order chi connectivity index (χ1) is 14.8. The van der Waals surface area contributed by atoms with Crippen molar-refractivity contribution >= 4 is 21.9 Å².